The van der Waals surface area contributed by atoms with Crippen molar-refractivity contribution in [3.63, 3.8) is 0 Å². The van der Waals surface area contributed by atoms with Crippen LogP contribution in [-0.2, 0) is 19.1 Å². The van der Waals surface area contributed by atoms with Crippen LogP contribution in [0.5, 0.6) is 0 Å². The first-order valence-corrected chi connectivity index (χ1v) is 11.2. The Bertz CT molecular complexity index is 722. The molecule has 0 radical (unpaired) electrons. The molecule has 1 aromatic carbocycles. The lowest BCUT2D eigenvalue weighted by atomic mass is 9.75. The lowest BCUT2D eigenvalue weighted by molar-refractivity contribution is -0.181. The molecule has 1 aromatic rings. The van der Waals surface area contributed by atoms with Gasteiger partial charge in [0.05, 0.1) is 18.6 Å². The van der Waals surface area contributed by atoms with E-state index in [1.165, 1.54) is 0 Å². The first-order chi connectivity index (χ1) is 14.3. The predicted octanol–water partition coefficient (Wildman–Crippen LogP) is 4.37. The molecule has 2 aliphatic rings. The van der Waals surface area contributed by atoms with Gasteiger partial charge in [0.25, 0.3) is 0 Å². The lowest BCUT2D eigenvalue weighted by Gasteiger charge is -2.37. The number of hydrogen-bond donors (Lipinski definition) is 1. The number of rotatable bonds is 6. The molecule has 1 N–H and O–H groups in total. The number of carbonyl (C=O) groups is 2. The Hall–Kier alpha value is -1.92. The summed E-state index contributed by atoms with van der Waals surface area (Å²) in [6.45, 7) is 8.51. The van der Waals surface area contributed by atoms with Crippen LogP contribution in [0.2, 0.25) is 0 Å². The maximum Gasteiger partial charge on any atom is 0.325 e. The lowest BCUT2D eigenvalue weighted by Crippen LogP contribution is -2.38. The van der Waals surface area contributed by atoms with Crippen molar-refractivity contribution in [3.8, 4) is 0 Å². The molecule has 3 rings (SSSR count). The smallest absolute Gasteiger partial charge is 0.325 e. The van der Waals surface area contributed by atoms with Gasteiger partial charge in [-0.15, -0.1) is 0 Å². The highest BCUT2D eigenvalue weighted by atomic mass is 16.6. The highest BCUT2D eigenvalue weighted by molar-refractivity contribution is 5.80. The van der Waals surface area contributed by atoms with Crippen molar-refractivity contribution < 1.29 is 24.3 Å². The molecule has 0 aromatic heterocycles. The number of benzene rings is 1. The molecule has 2 fully saturated rings. The van der Waals surface area contributed by atoms with Gasteiger partial charge in [-0.25, -0.2) is 0 Å². The molecule has 0 amide bonds. The monoisotopic (exact) mass is 417 g/mol. The summed E-state index contributed by atoms with van der Waals surface area (Å²) >= 11 is 0. The number of esters is 2. The molecule has 0 bridgehead atoms. The second kappa shape index (κ2) is 9.92. The van der Waals surface area contributed by atoms with Gasteiger partial charge in [0.1, 0.15) is 12.1 Å². The third-order valence-electron chi connectivity index (χ3n) is 6.69. The van der Waals surface area contributed by atoms with E-state index < -0.39 is 24.0 Å². The van der Waals surface area contributed by atoms with Crippen molar-refractivity contribution in [2.45, 2.75) is 71.6 Å². The van der Waals surface area contributed by atoms with Gasteiger partial charge in [-0.2, -0.15) is 5.06 Å². The summed E-state index contributed by atoms with van der Waals surface area (Å²) in [6, 6.07) is 7.82. The summed E-state index contributed by atoms with van der Waals surface area (Å²) < 4.78 is 11.2. The van der Waals surface area contributed by atoms with E-state index in [9.17, 15) is 14.8 Å². The Morgan fingerprint density at radius 3 is 2.47 bits per heavy atom. The molecule has 0 spiro atoms. The van der Waals surface area contributed by atoms with Crippen LogP contribution in [0, 0.1) is 23.7 Å². The fraction of sp³-hybridized carbons (Fsp3) is 0.667. The maximum atomic E-state index is 13.3. The summed E-state index contributed by atoms with van der Waals surface area (Å²) in [4.78, 5) is 25.7. The largest absolute Gasteiger partial charge is 0.465 e. The van der Waals surface area contributed by atoms with Gasteiger partial charge >= 0.3 is 11.9 Å². The SMILES string of the molecule is CCOC(=O)[C@H]1C[C@H](C(=O)O[C@@H]2C[C@H](C)CC[C@H]2C(C)C)[C@@H](c2ccccc2)N1O. The van der Waals surface area contributed by atoms with Gasteiger partial charge in [-0.05, 0) is 49.5 Å². The van der Waals surface area contributed by atoms with E-state index in [-0.39, 0.29) is 25.1 Å². The zero-order valence-corrected chi connectivity index (χ0v) is 18.5. The predicted molar refractivity (Wildman–Crippen MR) is 113 cm³/mol. The van der Waals surface area contributed by atoms with Crippen LogP contribution < -0.4 is 0 Å². The minimum Gasteiger partial charge on any atom is -0.465 e. The zero-order valence-electron chi connectivity index (χ0n) is 18.5. The van der Waals surface area contributed by atoms with Crippen LogP contribution in [0.4, 0.5) is 0 Å². The standard InChI is InChI=1S/C24H35NO5/c1-5-29-24(27)20-14-19(22(25(20)28)17-9-7-6-8-10-17)23(26)30-21-13-16(4)11-12-18(21)15(2)3/h6-10,15-16,18-22,28H,5,11-14H2,1-4H3/t16-,18+,19+,20-,21-,22-/m1/s1. The molecular weight excluding hydrogens is 382 g/mol. The summed E-state index contributed by atoms with van der Waals surface area (Å²) in [5, 5.41) is 11.8. The number of carbonyl (C=O) groups excluding carboxylic acids is 2. The molecule has 1 aliphatic heterocycles. The fourth-order valence-electron chi connectivity index (χ4n) is 5.05. The van der Waals surface area contributed by atoms with E-state index in [4.69, 9.17) is 9.47 Å². The molecule has 0 unspecified atom stereocenters. The van der Waals surface area contributed by atoms with Crippen molar-refractivity contribution in [1.29, 1.82) is 0 Å². The highest BCUT2D eigenvalue weighted by Crippen LogP contribution is 2.42. The molecule has 1 saturated heterocycles. The van der Waals surface area contributed by atoms with Gasteiger partial charge in [-0.3, -0.25) is 9.59 Å². The number of hydroxylamine groups is 2. The summed E-state index contributed by atoms with van der Waals surface area (Å²) in [5.74, 6) is -0.176. The van der Waals surface area contributed by atoms with E-state index in [1.54, 1.807) is 6.92 Å². The van der Waals surface area contributed by atoms with Crippen molar-refractivity contribution in [2.75, 3.05) is 6.61 Å². The average Bonchev–Trinajstić information content (AvgIpc) is 3.06. The quantitative estimate of drug-likeness (QED) is 0.693. The second-order valence-corrected chi connectivity index (χ2v) is 9.15. The molecule has 1 heterocycles. The first-order valence-electron chi connectivity index (χ1n) is 11.2. The van der Waals surface area contributed by atoms with Gasteiger partial charge in [0.2, 0.25) is 0 Å². The van der Waals surface area contributed by atoms with Crippen LogP contribution in [0.25, 0.3) is 0 Å². The Morgan fingerprint density at radius 1 is 1.13 bits per heavy atom. The van der Waals surface area contributed by atoms with E-state index >= 15 is 0 Å². The Labute approximate surface area is 179 Å². The van der Waals surface area contributed by atoms with Crippen molar-refractivity contribution in [3.05, 3.63) is 35.9 Å². The van der Waals surface area contributed by atoms with Crippen LogP contribution in [-0.4, -0.2) is 41.0 Å². The third kappa shape index (κ3) is 4.86. The topological polar surface area (TPSA) is 76.1 Å². The minimum absolute atomic E-state index is 0.119. The highest BCUT2D eigenvalue weighted by Gasteiger charge is 2.50. The van der Waals surface area contributed by atoms with Crippen LogP contribution in [0.3, 0.4) is 0 Å². The fourth-order valence-corrected chi connectivity index (χ4v) is 5.05. The molecular formula is C24H35NO5. The summed E-state index contributed by atoms with van der Waals surface area (Å²) in [6.07, 6.45) is 3.14. The Kier molecular flexibility index (Phi) is 7.53. The van der Waals surface area contributed by atoms with Crippen LogP contribution in [0.1, 0.15) is 65.0 Å². The van der Waals surface area contributed by atoms with E-state index in [1.807, 2.05) is 30.3 Å². The molecule has 166 valence electrons. The molecule has 6 heteroatoms. The Morgan fingerprint density at radius 2 is 1.83 bits per heavy atom. The van der Waals surface area contributed by atoms with E-state index in [2.05, 4.69) is 20.8 Å². The van der Waals surface area contributed by atoms with Crippen LogP contribution in [0.15, 0.2) is 30.3 Å². The molecule has 6 nitrogen and oxygen atoms in total. The molecule has 1 saturated carbocycles. The van der Waals surface area contributed by atoms with Crippen molar-refractivity contribution in [2.24, 2.45) is 23.7 Å². The van der Waals surface area contributed by atoms with E-state index in [0.29, 0.717) is 17.8 Å². The summed E-state index contributed by atoms with van der Waals surface area (Å²) in [7, 11) is 0. The zero-order chi connectivity index (χ0) is 21.8. The normalized spacial score (nSPS) is 32.2. The van der Waals surface area contributed by atoms with Gasteiger partial charge in [0.15, 0.2) is 0 Å². The number of ether oxygens (including phenoxy) is 2. The van der Waals surface area contributed by atoms with Crippen LogP contribution >= 0.6 is 0 Å². The van der Waals surface area contributed by atoms with Gasteiger partial charge in [0, 0.05) is 0 Å². The van der Waals surface area contributed by atoms with Crippen molar-refractivity contribution >= 4 is 11.9 Å². The van der Waals surface area contributed by atoms with E-state index in [0.717, 1.165) is 29.9 Å². The van der Waals surface area contributed by atoms with Gasteiger partial charge in [-0.1, -0.05) is 57.5 Å². The molecule has 30 heavy (non-hydrogen) atoms. The maximum absolute atomic E-state index is 13.3. The molecule has 6 atom stereocenters. The van der Waals surface area contributed by atoms with Crippen molar-refractivity contribution in [1.82, 2.24) is 5.06 Å². The first kappa shape index (κ1) is 22.8. The average molecular weight is 418 g/mol. The molecule has 1 aliphatic carbocycles. The summed E-state index contributed by atoms with van der Waals surface area (Å²) in [5.41, 5.74) is 0.783. The number of hydrogen-bond acceptors (Lipinski definition) is 6. The third-order valence-corrected chi connectivity index (χ3v) is 6.69. The number of nitrogens with zero attached hydrogens (tertiary/aromatic N) is 1. The Balaban J connectivity index is 1.83. The minimum atomic E-state index is -0.876. The second-order valence-electron chi connectivity index (χ2n) is 9.15. The van der Waals surface area contributed by atoms with Gasteiger partial charge < -0.3 is 14.7 Å².